The Morgan fingerprint density at radius 1 is 1.33 bits per heavy atom. The molecule has 0 amide bonds. The first-order valence-electron chi connectivity index (χ1n) is 6.65. The van der Waals surface area contributed by atoms with Crippen molar-refractivity contribution in [3.63, 3.8) is 0 Å². The fourth-order valence-corrected chi connectivity index (χ4v) is 4.38. The molecule has 2 saturated heterocycles. The highest BCUT2D eigenvalue weighted by atomic mass is 32.2. The van der Waals surface area contributed by atoms with Crippen molar-refractivity contribution in [2.24, 2.45) is 11.7 Å². The number of sulfone groups is 1. The topological polar surface area (TPSA) is 78.6 Å². The van der Waals surface area contributed by atoms with E-state index in [1.165, 1.54) is 0 Å². The average Bonchev–Trinajstić information content (AvgIpc) is 2.64. The summed E-state index contributed by atoms with van der Waals surface area (Å²) in [6, 6.07) is 0. The van der Waals surface area contributed by atoms with E-state index in [-0.39, 0.29) is 6.10 Å². The molecule has 2 fully saturated rings. The zero-order valence-corrected chi connectivity index (χ0v) is 11.7. The maximum atomic E-state index is 11.4. The normalized spacial score (nSPS) is 36.9. The first kappa shape index (κ1) is 14.2. The maximum absolute atomic E-state index is 11.4. The molecule has 2 heterocycles. The van der Waals surface area contributed by atoms with Crippen LogP contribution in [-0.4, -0.2) is 45.0 Å². The van der Waals surface area contributed by atoms with Gasteiger partial charge in [-0.15, -0.1) is 0 Å². The second kappa shape index (κ2) is 5.45. The average molecular weight is 277 g/mol. The van der Waals surface area contributed by atoms with Crippen LogP contribution in [0, 0.1) is 5.92 Å². The number of ether oxygens (including phenoxy) is 2. The zero-order chi connectivity index (χ0) is 13.2. The van der Waals surface area contributed by atoms with Crippen LogP contribution in [-0.2, 0) is 19.3 Å². The van der Waals surface area contributed by atoms with E-state index < -0.39 is 15.6 Å². The summed E-state index contributed by atoms with van der Waals surface area (Å²) < 4.78 is 34.4. The Bertz CT molecular complexity index is 370. The van der Waals surface area contributed by atoms with Gasteiger partial charge in [-0.25, -0.2) is 8.42 Å². The molecule has 18 heavy (non-hydrogen) atoms. The molecule has 2 aliphatic heterocycles. The largest absolute Gasteiger partial charge is 0.348 e. The van der Waals surface area contributed by atoms with Gasteiger partial charge >= 0.3 is 0 Å². The summed E-state index contributed by atoms with van der Waals surface area (Å²) in [5.74, 6) is 0.445. The van der Waals surface area contributed by atoms with E-state index in [9.17, 15) is 8.42 Å². The van der Waals surface area contributed by atoms with Crippen molar-refractivity contribution in [1.29, 1.82) is 0 Å². The van der Waals surface area contributed by atoms with Gasteiger partial charge in [0.2, 0.25) is 0 Å². The van der Waals surface area contributed by atoms with Crippen LogP contribution in [0.5, 0.6) is 0 Å². The van der Waals surface area contributed by atoms with Gasteiger partial charge in [0, 0.05) is 6.42 Å². The van der Waals surface area contributed by atoms with Crippen LogP contribution in [0.1, 0.15) is 32.6 Å². The van der Waals surface area contributed by atoms with Crippen molar-refractivity contribution >= 4 is 9.84 Å². The molecule has 0 aromatic carbocycles. The van der Waals surface area contributed by atoms with Gasteiger partial charge in [0.1, 0.15) is 9.84 Å². The highest BCUT2D eigenvalue weighted by molar-refractivity contribution is 7.91. The van der Waals surface area contributed by atoms with Crippen LogP contribution >= 0.6 is 0 Å². The third kappa shape index (κ3) is 3.66. The molecule has 6 heteroatoms. The SMILES string of the molecule is CC1(CC2CCS(=O)(=O)CC2)OCC(CCN)O1. The van der Waals surface area contributed by atoms with Gasteiger partial charge in [0.25, 0.3) is 0 Å². The second-order valence-electron chi connectivity index (χ2n) is 5.56. The van der Waals surface area contributed by atoms with Crippen molar-refractivity contribution in [3.8, 4) is 0 Å². The molecule has 5 nitrogen and oxygen atoms in total. The molecule has 0 bridgehead atoms. The number of hydrogen-bond acceptors (Lipinski definition) is 5. The summed E-state index contributed by atoms with van der Waals surface area (Å²) in [5, 5.41) is 0. The van der Waals surface area contributed by atoms with E-state index in [1.54, 1.807) is 0 Å². The molecule has 0 aromatic rings. The van der Waals surface area contributed by atoms with Crippen LogP contribution < -0.4 is 5.73 Å². The van der Waals surface area contributed by atoms with E-state index in [0.717, 1.165) is 25.7 Å². The quantitative estimate of drug-likeness (QED) is 0.817. The fraction of sp³-hybridized carbons (Fsp3) is 1.00. The van der Waals surface area contributed by atoms with Crippen LogP contribution in [0.25, 0.3) is 0 Å². The lowest BCUT2D eigenvalue weighted by molar-refractivity contribution is -0.166. The summed E-state index contributed by atoms with van der Waals surface area (Å²) in [6.45, 7) is 3.15. The third-order valence-electron chi connectivity index (χ3n) is 3.81. The van der Waals surface area contributed by atoms with Crippen LogP contribution in [0.4, 0.5) is 0 Å². The Kier molecular flexibility index (Phi) is 4.31. The number of rotatable bonds is 4. The first-order chi connectivity index (χ1) is 8.42. The van der Waals surface area contributed by atoms with Gasteiger partial charge < -0.3 is 15.2 Å². The van der Waals surface area contributed by atoms with E-state index in [0.29, 0.717) is 30.6 Å². The van der Waals surface area contributed by atoms with Gasteiger partial charge in [-0.05, 0) is 38.6 Å². The summed E-state index contributed by atoms with van der Waals surface area (Å²) in [4.78, 5) is 0. The molecule has 0 aromatic heterocycles. The lowest BCUT2D eigenvalue weighted by Gasteiger charge is -2.30. The van der Waals surface area contributed by atoms with Gasteiger partial charge in [0.15, 0.2) is 5.79 Å². The Morgan fingerprint density at radius 3 is 2.61 bits per heavy atom. The molecule has 0 radical (unpaired) electrons. The minimum atomic E-state index is -2.79. The molecular formula is C12H23NO4S. The summed E-state index contributed by atoms with van der Waals surface area (Å²) in [6.07, 6.45) is 3.14. The first-order valence-corrected chi connectivity index (χ1v) is 8.47. The minimum absolute atomic E-state index is 0.0901. The van der Waals surface area contributed by atoms with Crippen LogP contribution in [0.3, 0.4) is 0 Å². The standard InChI is InChI=1S/C12H23NO4S/c1-12(16-9-11(17-12)2-5-13)8-10-3-6-18(14,15)7-4-10/h10-11H,2-9,13H2,1H3. The summed E-state index contributed by atoms with van der Waals surface area (Å²) in [5.41, 5.74) is 5.51. The smallest absolute Gasteiger partial charge is 0.166 e. The second-order valence-corrected chi connectivity index (χ2v) is 7.86. The minimum Gasteiger partial charge on any atom is -0.348 e. The van der Waals surface area contributed by atoms with Crippen molar-refractivity contribution in [1.82, 2.24) is 0 Å². The Morgan fingerprint density at radius 2 is 2.00 bits per heavy atom. The van der Waals surface area contributed by atoms with Gasteiger partial charge in [-0.2, -0.15) is 0 Å². The van der Waals surface area contributed by atoms with Crippen LogP contribution in [0.2, 0.25) is 0 Å². The molecule has 2 aliphatic rings. The summed E-state index contributed by atoms with van der Waals surface area (Å²) >= 11 is 0. The fourth-order valence-electron chi connectivity index (χ4n) is 2.79. The zero-order valence-electron chi connectivity index (χ0n) is 10.9. The molecule has 2 N–H and O–H groups in total. The van der Waals surface area contributed by atoms with Gasteiger partial charge in [-0.3, -0.25) is 0 Å². The molecule has 106 valence electrons. The Hall–Kier alpha value is -0.170. The van der Waals surface area contributed by atoms with Crippen LogP contribution in [0.15, 0.2) is 0 Å². The van der Waals surface area contributed by atoms with E-state index in [2.05, 4.69) is 0 Å². The molecule has 2 atom stereocenters. The lowest BCUT2D eigenvalue weighted by atomic mass is 9.94. The van der Waals surface area contributed by atoms with E-state index in [4.69, 9.17) is 15.2 Å². The Labute approximate surface area is 109 Å². The Balaban J connectivity index is 1.83. The monoisotopic (exact) mass is 277 g/mol. The summed E-state index contributed by atoms with van der Waals surface area (Å²) in [7, 11) is -2.79. The predicted octanol–water partition coefficient (Wildman–Crippen LogP) is 0.682. The molecule has 0 aliphatic carbocycles. The number of nitrogens with two attached hydrogens (primary N) is 1. The molecule has 2 rings (SSSR count). The molecular weight excluding hydrogens is 254 g/mol. The highest BCUT2D eigenvalue weighted by Gasteiger charge is 2.39. The third-order valence-corrected chi connectivity index (χ3v) is 5.53. The van der Waals surface area contributed by atoms with Crippen molar-refractivity contribution < 1.29 is 17.9 Å². The molecule has 0 spiro atoms. The van der Waals surface area contributed by atoms with E-state index in [1.807, 2.05) is 6.92 Å². The predicted molar refractivity (Wildman–Crippen MR) is 68.9 cm³/mol. The molecule has 2 unspecified atom stereocenters. The van der Waals surface area contributed by atoms with Gasteiger partial charge in [-0.1, -0.05) is 0 Å². The highest BCUT2D eigenvalue weighted by Crippen LogP contribution is 2.34. The van der Waals surface area contributed by atoms with E-state index >= 15 is 0 Å². The van der Waals surface area contributed by atoms with Crippen molar-refractivity contribution in [3.05, 3.63) is 0 Å². The van der Waals surface area contributed by atoms with Crippen molar-refractivity contribution in [2.45, 2.75) is 44.5 Å². The molecule has 0 saturated carbocycles. The maximum Gasteiger partial charge on any atom is 0.166 e. The lowest BCUT2D eigenvalue weighted by Crippen LogP contribution is -2.33. The van der Waals surface area contributed by atoms with Gasteiger partial charge in [0.05, 0.1) is 24.2 Å². The number of hydrogen-bond donors (Lipinski definition) is 1. The van der Waals surface area contributed by atoms with Crippen molar-refractivity contribution in [2.75, 3.05) is 24.7 Å².